The van der Waals surface area contributed by atoms with Crippen LogP contribution in [0.1, 0.15) is 26.7 Å². The normalized spacial score (nSPS) is 16.8. The van der Waals surface area contributed by atoms with Gasteiger partial charge in [-0.05, 0) is 19.4 Å². The van der Waals surface area contributed by atoms with Gasteiger partial charge in [-0.1, -0.05) is 20.3 Å². The first kappa shape index (κ1) is 9.92. The van der Waals surface area contributed by atoms with Gasteiger partial charge in [0.1, 0.15) is 0 Å². The lowest BCUT2D eigenvalue weighted by Gasteiger charge is -2.14. The smallest absolute Gasteiger partial charge is 0.0167 e. The third-order valence-electron chi connectivity index (χ3n) is 1.87. The molecule has 0 aliphatic rings. The Hall–Kier alpha value is -0.0800. The van der Waals surface area contributed by atoms with E-state index in [0.717, 1.165) is 18.9 Å². The van der Waals surface area contributed by atoms with Gasteiger partial charge in [-0.2, -0.15) is 0 Å². The molecule has 0 aliphatic carbocycles. The Kier molecular flexibility index (Phi) is 5.64. The highest BCUT2D eigenvalue weighted by Crippen LogP contribution is 2.07. The molecule has 0 aromatic rings. The SMILES string of the molecule is CCC(C)C[C@@H](N)CNC. The molecule has 0 saturated carbocycles. The average Bonchev–Trinajstić information content (AvgIpc) is 1.88. The van der Waals surface area contributed by atoms with Crippen LogP contribution in [0.3, 0.4) is 0 Å². The second-order valence-corrected chi connectivity index (χ2v) is 3.07. The van der Waals surface area contributed by atoms with Gasteiger partial charge in [0.15, 0.2) is 0 Å². The molecule has 2 heteroatoms. The van der Waals surface area contributed by atoms with Gasteiger partial charge < -0.3 is 11.1 Å². The molecule has 3 N–H and O–H groups in total. The molecule has 2 atom stereocenters. The van der Waals surface area contributed by atoms with Crippen LogP contribution >= 0.6 is 0 Å². The van der Waals surface area contributed by atoms with E-state index in [0.29, 0.717) is 6.04 Å². The van der Waals surface area contributed by atoms with Crippen molar-refractivity contribution in [3.63, 3.8) is 0 Å². The molecular formula is C8H20N2. The lowest BCUT2D eigenvalue weighted by molar-refractivity contribution is 0.442. The molecule has 0 heterocycles. The number of hydrogen-bond acceptors (Lipinski definition) is 2. The van der Waals surface area contributed by atoms with Crippen LogP contribution < -0.4 is 11.1 Å². The maximum absolute atomic E-state index is 5.80. The summed E-state index contributed by atoms with van der Waals surface area (Å²) in [6.45, 7) is 5.39. The highest BCUT2D eigenvalue weighted by atomic mass is 14.9. The van der Waals surface area contributed by atoms with Crippen molar-refractivity contribution in [3.05, 3.63) is 0 Å². The van der Waals surface area contributed by atoms with Crippen LogP contribution in [0.25, 0.3) is 0 Å². The number of nitrogens with one attached hydrogen (secondary N) is 1. The van der Waals surface area contributed by atoms with Gasteiger partial charge in [-0.3, -0.25) is 0 Å². The third kappa shape index (κ3) is 4.77. The summed E-state index contributed by atoms with van der Waals surface area (Å²) in [6.07, 6.45) is 2.37. The van der Waals surface area contributed by atoms with Crippen molar-refractivity contribution >= 4 is 0 Å². The molecule has 2 nitrogen and oxygen atoms in total. The predicted octanol–water partition coefficient (Wildman–Crippen LogP) is 0.969. The first-order valence-electron chi connectivity index (χ1n) is 4.10. The van der Waals surface area contributed by atoms with Gasteiger partial charge in [-0.15, -0.1) is 0 Å². The number of likely N-dealkylation sites (N-methyl/N-ethyl adjacent to an activating group) is 1. The Balaban J connectivity index is 3.27. The van der Waals surface area contributed by atoms with Crippen molar-refractivity contribution in [1.82, 2.24) is 5.32 Å². The highest BCUT2D eigenvalue weighted by molar-refractivity contribution is 4.66. The van der Waals surface area contributed by atoms with Gasteiger partial charge in [0.25, 0.3) is 0 Å². The average molecular weight is 144 g/mol. The Bertz CT molecular complexity index is 73.7. The van der Waals surface area contributed by atoms with Gasteiger partial charge >= 0.3 is 0 Å². The van der Waals surface area contributed by atoms with Crippen molar-refractivity contribution in [2.24, 2.45) is 11.7 Å². The maximum atomic E-state index is 5.80. The summed E-state index contributed by atoms with van der Waals surface area (Å²) < 4.78 is 0. The molecule has 62 valence electrons. The van der Waals surface area contributed by atoms with E-state index in [2.05, 4.69) is 19.2 Å². The molecule has 0 spiro atoms. The van der Waals surface area contributed by atoms with Crippen LogP contribution in [-0.2, 0) is 0 Å². The summed E-state index contributed by atoms with van der Waals surface area (Å²) in [5.41, 5.74) is 5.80. The van der Waals surface area contributed by atoms with E-state index in [1.165, 1.54) is 6.42 Å². The van der Waals surface area contributed by atoms with Crippen molar-refractivity contribution in [2.45, 2.75) is 32.7 Å². The standard InChI is InChI=1S/C8H20N2/c1-4-7(2)5-8(9)6-10-3/h7-8,10H,4-6,9H2,1-3H3/t7?,8-/m1/s1. The molecule has 0 aromatic carbocycles. The lowest BCUT2D eigenvalue weighted by atomic mass is 10.00. The molecule has 0 fully saturated rings. The summed E-state index contributed by atoms with van der Waals surface area (Å²) in [5.74, 6) is 0.767. The Morgan fingerprint density at radius 2 is 2.10 bits per heavy atom. The van der Waals surface area contributed by atoms with Crippen LogP contribution in [0.15, 0.2) is 0 Å². The van der Waals surface area contributed by atoms with Gasteiger partial charge in [0.05, 0.1) is 0 Å². The largest absolute Gasteiger partial charge is 0.327 e. The summed E-state index contributed by atoms with van der Waals surface area (Å²) in [6, 6.07) is 0.333. The van der Waals surface area contributed by atoms with Crippen molar-refractivity contribution in [3.8, 4) is 0 Å². The fraction of sp³-hybridized carbons (Fsp3) is 1.00. The molecule has 0 amide bonds. The van der Waals surface area contributed by atoms with Crippen molar-refractivity contribution in [1.29, 1.82) is 0 Å². The maximum Gasteiger partial charge on any atom is 0.0167 e. The minimum absolute atomic E-state index is 0.333. The number of hydrogen-bond donors (Lipinski definition) is 2. The number of nitrogens with two attached hydrogens (primary N) is 1. The second kappa shape index (κ2) is 5.69. The van der Waals surface area contributed by atoms with Crippen molar-refractivity contribution in [2.75, 3.05) is 13.6 Å². The fourth-order valence-corrected chi connectivity index (χ4v) is 1.03. The third-order valence-corrected chi connectivity index (χ3v) is 1.87. The van der Waals surface area contributed by atoms with Crippen LogP contribution in [0.4, 0.5) is 0 Å². The van der Waals surface area contributed by atoms with E-state index in [9.17, 15) is 0 Å². The lowest BCUT2D eigenvalue weighted by Crippen LogP contribution is -2.33. The van der Waals surface area contributed by atoms with Crippen LogP contribution in [0.2, 0.25) is 0 Å². The zero-order valence-corrected chi connectivity index (χ0v) is 7.35. The molecular weight excluding hydrogens is 124 g/mol. The van der Waals surface area contributed by atoms with Gasteiger partial charge in [0, 0.05) is 12.6 Å². The van der Waals surface area contributed by atoms with Crippen LogP contribution in [0.5, 0.6) is 0 Å². The second-order valence-electron chi connectivity index (χ2n) is 3.07. The molecule has 10 heavy (non-hydrogen) atoms. The van der Waals surface area contributed by atoms with Crippen LogP contribution in [-0.4, -0.2) is 19.6 Å². The minimum Gasteiger partial charge on any atom is -0.327 e. The molecule has 0 radical (unpaired) electrons. The van der Waals surface area contributed by atoms with E-state index in [-0.39, 0.29) is 0 Å². The molecule has 0 rings (SSSR count). The van der Waals surface area contributed by atoms with E-state index in [4.69, 9.17) is 5.73 Å². The number of rotatable bonds is 5. The summed E-state index contributed by atoms with van der Waals surface area (Å²) in [5, 5.41) is 3.07. The van der Waals surface area contributed by atoms with Crippen molar-refractivity contribution < 1.29 is 0 Å². The topological polar surface area (TPSA) is 38.0 Å². The van der Waals surface area contributed by atoms with Gasteiger partial charge in [0.2, 0.25) is 0 Å². The summed E-state index contributed by atoms with van der Waals surface area (Å²) in [7, 11) is 1.94. The molecule has 0 bridgehead atoms. The highest BCUT2D eigenvalue weighted by Gasteiger charge is 2.05. The molecule has 0 aliphatic heterocycles. The van der Waals surface area contributed by atoms with Crippen LogP contribution in [0, 0.1) is 5.92 Å². The van der Waals surface area contributed by atoms with E-state index >= 15 is 0 Å². The zero-order valence-electron chi connectivity index (χ0n) is 7.35. The Morgan fingerprint density at radius 1 is 1.50 bits per heavy atom. The molecule has 0 aromatic heterocycles. The van der Waals surface area contributed by atoms with E-state index < -0.39 is 0 Å². The first-order chi connectivity index (χ1) is 4.70. The Morgan fingerprint density at radius 3 is 2.50 bits per heavy atom. The summed E-state index contributed by atoms with van der Waals surface area (Å²) in [4.78, 5) is 0. The monoisotopic (exact) mass is 144 g/mol. The first-order valence-corrected chi connectivity index (χ1v) is 4.10. The van der Waals surface area contributed by atoms with Gasteiger partial charge in [-0.25, -0.2) is 0 Å². The zero-order chi connectivity index (χ0) is 7.98. The quantitative estimate of drug-likeness (QED) is 0.603. The fourth-order valence-electron chi connectivity index (χ4n) is 1.03. The molecule has 1 unspecified atom stereocenters. The predicted molar refractivity (Wildman–Crippen MR) is 46.0 cm³/mol. The minimum atomic E-state index is 0.333. The van der Waals surface area contributed by atoms with E-state index in [1.807, 2.05) is 7.05 Å². The summed E-state index contributed by atoms with van der Waals surface area (Å²) >= 11 is 0. The molecule has 0 saturated heterocycles. The van der Waals surface area contributed by atoms with E-state index in [1.54, 1.807) is 0 Å². The Labute approximate surface area is 64.2 Å².